The van der Waals surface area contributed by atoms with Gasteiger partial charge in [0.15, 0.2) is 5.76 Å². The van der Waals surface area contributed by atoms with Crippen LogP contribution in [0.1, 0.15) is 47.2 Å². The van der Waals surface area contributed by atoms with Crippen LogP contribution in [0, 0.1) is 5.92 Å². The van der Waals surface area contributed by atoms with Gasteiger partial charge in [-0.25, -0.2) is 4.98 Å². The zero-order valence-corrected chi connectivity index (χ0v) is 17.6. The number of benzene rings is 1. The Hall–Kier alpha value is -2.67. The van der Waals surface area contributed by atoms with Gasteiger partial charge in [0, 0.05) is 38.0 Å². The highest BCUT2D eigenvalue weighted by Gasteiger charge is 2.33. The fraction of sp³-hybridized carbons (Fsp3) is 0.435. The van der Waals surface area contributed by atoms with E-state index in [9.17, 15) is 9.59 Å². The van der Waals surface area contributed by atoms with Crippen molar-refractivity contribution in [2.75, 3.05) is 26.2 Å². The Morgan fingerprint density at radius 3 is 2.37 bits per heavy atom. The van der Waals surface area contributed by atoms with Crippen LogP contribution in [0.5, 0.6) is 0 Å². The van der Waals surface area contributed by atoms with Crippen molar-refractivity contribution in [3.8, 4) is 0 Å². The van der Waals surface area contributed by atoms with E-state index in [4.69, 9.17) is 9.40 Å². The van der Waals surface area contributed by atoms with Gasteiger partial charge < -0.3 is 14.2 Å². The fourth-order valence-corrected chi connectivity index (χ4v) is 5.69. The number of para-hydroxylation sites is 1. The molecule has 0 unspecified atom stereocenters. The van der Waals surface area contributed by atoms with Crippen molar-refractivity contribution >= 4 is 33.4 Å². The first kappa shape index (κ1) is 19.3. The molecule has 4 heterocycles. The average Bonchev–Trinajstić information content (AvgIpc) is 3.48. The molecule has 156 valence electrons. The van der Waals surface area contributed by atoms with Crippen LogP contribution >= 0.6 is 11.3 Å². The second-order valence-corrected chi connectivity index (χ2v) is 9.23. The number of carbonyl (C=O) groups is 2. The predicted molar refractivity (Wildman–Crippen MR) is 116 cm³/mol. The number of amides is 2. The summed E-state index contributed by atoms with van der Waals surface area (Å²) >= 11 is 1.78. The smallest absolute Gasteiger partial charge is 0.289 e. The molecule has 2 amide bonds. The van der Waals surface area contributed by atoms with Gasteiger partial charge in [-0.2, -0.15) is 0 Å². The van der Waals surface area contributed by atoms with Crippen molar-refractivity contribution in [1.82, 2.24) is 14.8 Å². The molecule has 0 N–H and O–H groups in total. The molecular weight excluding hydrogens is 398 g/mol. The fourth-order valence-electron chi connectivity index (χ4n) is 4.56. The summed E-state index contributed by atoms with van der Waals surface area (Å²) in [6.45, 7) is 2.81. The lowest BCUT2D eigenvalue weighted by Gasteiger charge is -2.36. The number of hydrogen-bond donors (Lipinski definition) is 0. The topological polar surface area (TPSA) is 66.7 Å². The molecule has 3 aromatic rings. The Labute approximate surface area is 179 Å². The third-order valence-electron chi connectivity index (χ3n) is 6.33. The van der Waals surface area contributed by atoms with Crippen LogP contribution in [-0.2, 0) is 4.79 Å². The van der Waals surface area contributed by atoms with Crippen molar-refractivity contribution in [2.24, 2.45) is 5.92 Å². The molecule has 0 radical (unpaired) electrons. The summed E-state index contributed by atoms with van der Waals surface area (Å²) in [5.74, 6) is 1.01. The normalized spacial score (nSPS) is 18.8. The Bertz CT molecular complexity index is 996. The Balaban J connectivity index is 1.14. The molecule has 7 heteroatoms. The number of fused-ring (bicyclic) bond motifs is 1. The molecule has 2 aromatic heterocycles. The van der Waals surface area contributed by atoms with Crippen molar-refractivity contribution in [2.45, 2.75) is 31.6 Å². The van der Waals surface area contributed by atoms with Crippen molar-refractivity contribution in [3.63, 3.8) is 0 Å². The predicted octanol–water partition coefficient (Wildman–Crippen LogP) is 4.15. The lowest BCUT2D eigenvalue weighted by Crippen LogP contribution is -2.46. The zero-order chi connectivity index (χ0) is 20.5. The molecular formula is C23H25N3O3S. The summed E-state index contributed by atoms with van der Waals surface area (Å²) in [5.41, 5.74) is 1.08. The summed E-state index contributed by atoms with van der Waals surface area (Å²) in [5, 5.41) is 1.20. The third-order valence-corrected chi connectivity index (χ3v) is 7.53. The molecule has 2 aliphatic heterocycles. The molecule has 30 heavy (non-hydrogen) atoms. The molecule has 0 aliphatic carbocycles. The van der Waals surface area contributed by atoms with Gasteiger partial charge >= 0.3 is 0 Å². The Kier molecular flexibility index (Phi) is 5.29. The van der Waals surface area contributed by atoms with Crippen molar-refractivity contribution in [3.05, 3.63) is 53.4 Å². The first-order valence-electron chi connectivity index (χ1n) is 10.7. The highest BCUT2D eigenvalue weighted by Crippen LogP contribution is 2.34. The van der Waals surface area contributed by atoms with Crippen LogP contribution in [0.25, 0.3) is 10.2 Å². The molecule has 2 saturated heterocycles. The number of nitrogens with zero attached hydrogens (tertiary/aromatic N) is 3. The van der Waals surface area contributed by atoms with Crippen LogP contribution in [0.3, 0.4) is 0 Å². The summed E-state index contributed by atoms with van der Waals surface area (Å²) in [4.78, 5) is 34.1. The number of piperidine rings is 2. The summed E-state index contributed by atoms with van der Waals surface area (Å²) < 4.78 is 6.45. The summed E-state index contributed by atoms with van der Waals surface area (Å²) in [6, 6.07) is 11.7. The van der Waals surface area contributed by atoms with Crippen LogP contribution in [-0.4, -0.2) is 52.8 Å². The molecule has 1 aromatic carbocycles. The van der Waals surface area contributed by atoms with Crippen molar-refractivity contribution in [1.29, 1.82) is 0 Å². The third kappa shape index (κ3) is 3.74. The average molecular weight is 424 g/mol. The van der Waals surface area contributed by atoms with Gasteiger partial charge in [0.1, 0.15) is 0 Å². The van der Waals surface area contributed by atoms with Gasteiger partial charge in [0.25, 0.3) is 5.91 Å². The summed E-state index contributed by atoms with van der Waals surface area (Å²) in [7, 11) is 0. The van der Waals surface area contributed by atoms with Crippen LogP contribution in [0.2, 0.25) is 0 Å². The number of thiazole rings is 1. The van der Waals surface area contributed by atoms with Crippen molar-refractivity contribution < 1.29 is 14.0 Å². The SMILES string of the molecule is O=C(c1ccco1)N1CCC(C(=O)N2CCC(c3nc4ccccc4s3)CC2)CC1. The standard InChI is InChI=1S/C23H25N3O3S/c27-22(17-9-13-26(14-10-17)23(28)19-5-3-15-29-19)25-11-7-16(8-12-25)21-24-18-4-1-2-6-20(18)30-21/h1-6,15-17H,7-14H2. The van der Waals surface area contributed by atoms with Crippen LogP contribution in [0.4, 0.5) is 0 Å². The van der Waals surface area contributed by atoms with Gasteiger partial charge in [0.05, 0.1) is 21.5 Å². The number of hydrogen-bond acceptors (Lipinski definition) is 5. The van der Waals surface area contributed by atoms with E-state index in [0.717, 1.165) is 44.3 Å². The van der Waals surface area contributed by atoms with Gasteiger partial charge in [-0.3, -0.25) is 9.59 Å². The monoisotopic (exact) mass is 423 g/mol. The minimum Gasteiger partial charge on any atom is -0.459 e. The maximum absolute atomic E-state index is 13.0. The minimum atomic E-state index is -0.0810. The molecule has 0 atom stereocenters. The van der Waals surface area contributed by atoms with E-state index in [2.05, 4.69) is 18.2 Å². The quantitative estimate of drug-likeness (QED) is 0.635. The highest BCUT2D eigenvalue weighted by molar-refractivity contribution is 7.18. The number of carbonyl (C=O) groups excluding carboxylic acids is 2. The molecule has 0 bridgehead atoms. The minimum absolute atomic E-state index is 0.0182. The van der Waals surface area contributed by atoms with E-state index in [0.29, 0.717) is 24.8 Å². The highest BCUT2D eigenvalue weighted by atomic mass is 32.1. The molecule has 0 saturated carbocycles. The second kappa shape index (κ2) is 8.22. The van der Waals surface area contributed by atoms with E-state index in [1.165, 1.54) is 16.0 Å². The first-order chi connectivity index (χ1) is 14.7. The zero-order valence-electron chi connectivity index (χ0n) is 16.8. The second-order valence-electron chi connectivity index (χ2n) is 8.16. The largest absolute Gasteiger partial charge is 0.459 e. The number of furan rings is 1. The number of rotatable bonds is 3. The molecule has 0 spiro atoms. The van der Waals surface area contributed by atoms with E-state index >= 15 is 0 Å². The molecule has 5 rings (SSSR count). The molecule has 6 nitrogen and oxygen atoms in total. The van der Waals surface area contributed by atoms with E-state index in [-0.39, 0.29) is 17.7 Å². The Morgan fingerprint density at radius 2 is 1.67 bits per heavy atom. The molecule has 2 fully saturated rings. The number of likely N-dealkylation sites (tertiary alicyclic amines) is 2. The van der Waals surface area contributed by atoms with Crippen LogP contribution < -0.4 is 0 Å². The maximum atomic E-state index is 13.0. The van der Waals surface area contributed by atoms with Gasteiger partial charge in [0.2, 0.25) is 5.91 Å². The van der Waals surface area contributed by atoms with Gasteiger partial charge in [-0.15, -0.1) is 11.3 Å². The lowest BCUT2D eigenvalue weighted by atomic mass is 9.92. The van der Waals surface area contributed by atoms with E-state index in [1.807, 2.05) is 11.0 Å². The van der Waals surface area contributed by atoms with Gasteiger partial charge in [-0.05, 0) is 49.9 Å². The lowest BCUT2D eigenvalue weighted by molar-refractivity contribution is -0.138. The summed E-state index contributed by atoms with van der Waals surface area (Å²) in [6.07, 6.45) is 4.91. The number of aromatic nitrogens is 1. The first-order valence-corrected chi connectivity index (χ1v) is 11.5. The van der Waals surface area contributed by atoms with E-state index < -0.39 is 0 Å². The van der Waals surface area contributed by atoms with Gasteiger partial charge in [-0.1, -0.05) is 12.1 Å². The maximum Gasteiger partial charge on any atom is 0.289 e. The molecule has 2 aliphatic rings. The van der Waals surface area contributed by atoms with E-state index in [1.54, 1.807) is 28.4 Å². The Morgan fingerprint density at radius 1 is 0.933 bits per heavy atom. The van der Waals surface area contributed by atoms with Crippen LogP contribution in [0.15, 0.2) is 47.1 Å².